The Morgan fingerprint density at radius 3 is 2.41 bits per heavy atom. The summed E-state index contributed by atoms with van der Waals surface area (Å²) in [5.74, 6) is -0.0680. The monoisotopic (exact) mass is 366 g/mol. The van der Waals surface area contributed by atoms with Gasteiger partial charge in [-0.05, 0) is 67.6 Å². The summed E-state index contributed by atoms with van der Waals surface area (Å²) in [6.45, 7) is 1.50. The lowest BCUT2D eigenvalue weighted by molar-refractivity contribution is -0.117. The van der Waals surface area contributed by atoms with Crippen molar-refractivity contribution >= 4 is 17.5 Å². The Hall–Kier alpha value is -2.69. The van der Waals surface area contributed by atoms with Gasteiger partial charge in [-0.25, -0.2) is 4.39 Å². The van der Waals surface area contributed by atoms with Crippen molar-refractivity contribution in [2.45, 2.75) is 38.1 Å². The first-order valence-corrected chi connectivity index (χ1v) is 9.58. The molecule has 0 aromatic heterocycles. The Morgan fingerprint density at radius 2 is 1.74 bits per heavy atom. The Labute approximate surface area is 158 Å². The molecule has 27 heavy (non-hydrogen) atoms. The van der Waals surface area contributed by atoms with E-state index in [1.807, 2.05) is 29.2 Å². The standard InChI is InChI=1S/C22H23FN2O2/c23-18-9-5-16(6-10-18)15-20-3-1-14-25(20)22(27)17-7-11-19(12-8-17)24-13-2-4-21(24)26/h5-12,20H,1-4,13-15H2. The van der Waals surface area contributed by atoms with E-state index in [0.29, 0.717) is 12.0 Å². The van der Waals surface area contributed by atoms with Crippen molar-refractivity contribution in [2.75, 3.05) is 18.0 Å². The van der Waals surface area contributed by atoms with Gasteiger partial charge in [-0.2, -0.15) is 0 Å². The van der Waals surface area contributed by atoms with Crippen molar-refractivity contribution in [1.29, 1.82) is 0 Å². The van der Waals surface area contributed by atoms with Gasteiger partial charge in [0.1, 0.15) is 5.82 Å². The summed E-state index contributed by atoms with van der Waals surface area (Å²) in [5.41, 5.74) is 2.55. The van der Waals surface area contributed by atoms with E-state index in [1.54, 1.807) is 17.0 Å². The third kappa shape index (κ3) is 3.72. The number of anilines is 1. The Balaban J connectivity index is 1.46. The fourth-order valence-electron chi connectivity index (χ4n) is 4.08. The fourth-order valence-corrected chi connectivity index (χ4v) is 4.08. The first-order valence-electron chi connectivity index (χ1n) is 9.58. The topological polar surface area (TPSA) is 40.6 Å². The molecule has 0 saturated carbocycles. The van der Waals surface area contributed by atoms with Gasteiger partial charge >= 0.3 is 0 Å². The number of hydrogen-bond donors (Lipinski definition) is 0. The number of halogens is 1. The van der Waals surface area contributed by atoms with Gasteiger partial charge in [-0.1, -0.05) is 12.1 Å². The van der Waals surface area contributed by atoms with Crippen LogP contribution in [0.1, 0.15) is 41.6 Å². The molecule has 4 nitrogen and oxygen atoms in total. The van der Waals surface area contributed by atoms with E-state index in [0.717, 1.165) is 50.0 Å². The van der Waals surface area contributed by atoms with Crippen molar-refractivity contribution in [3.8, 4) is 0 Å². The van der Waals surface area contributed by atoms with Gasteiger partial charge in [0.2, 0.25) is 5.91 Å². The second kappa shape index (κ2) is 7.51. The first kappa shape index (κ1) is 17.7. The molecule has 4 rings (SSSR count). The summed E-state index contributed by atoms with van der Waals surface area (Å²) in [5, 5.41) is 0. The van der Waals surface area contributed by atoms with Crippen LogP contribution in [0.25, 0.3) is 0 Å². The summed E-state index contributed by atoms with van der Waals surface area (Å²) < 4.78 is 13.1. The van der Waals surface area contributed by atoms with Crippen LogP contribution in [0.3, 0.4) is 0 Å². The average molecular weight is 366 g/mol. The van der Waals surface area contributed by atoms with Crippen molar-refractivity contribution < 1.29 is 14.0 Å². The molecule has 1 atom stereocenters. The van der Waals surface area contributed by atoms with Gasteiger partial charge in [0.25, 0.3) is 5.91 Å². The van der Waals surface area contributed by atoms with E-state index < -0.39 is 0 Å². The minimum absolute atomic E-state index is 0.0268. The highest BCUT2D eigenvalue weighted by molar-refractivity contribution is 5.97. The molecule has 2 amide bonds. The maximum absolute atomic E-state index is 13.1. The van der Waals surface area contributed by atoms with Crippen LogP contribution in [0.5, 0.6) is 0 Å². The van der Waals surface area contributed by atoms with Gasteiger partial charge in [0.05, 0.1) is 0 Å². The molecule has 2 fully saturated rings. The summed E-state index contributed by atoms with van der Waals surface area (Å²) >= 11 is 0. The number of amides is 2. The van der Waals surface area contributed by atoms with Crippen LogP contribution < -0.4 is 4.90 Å². The minimum atomic E-state index is -0.241. The molecule has 2 aromatic rings. The van der Waals surface area contributed by atoms with E-state index in [9.17, 15) is 14.0 Å². The Bertz CT molecular complexity index is 832. The van der Waals surface area contributed by atoms with E-state index in [4.69, 9.17) is 0 Å². The summed E-state index contributed by atoms with van der Waals surface area (Å²) in [6.07, 6.45) is 4.17. The lowest BCUT2D eigenvalue weighted by Crippen LogP contribution is -2.36. The molecule has 2 aromatic carbocycles. The molecule has 2 aliphatic rings. The fraction of sp³-hybridized carbons (Fsp3) is 0.364. The molecule has 2 saturated heterocycles. The number of carbonyl (C=O) groups excluding carboxylic acids is 2. The summed E-state index contributed by atoms with van der Waals surface area (Å²) in [7, 11) is 0. The number of benzene rings is 2. The predicted octanol–water partition coefficient (Wildman–Crippen LogP) is 3.80. The average Bonchev–Trinajstić information content (AvgIpc) is 3.32. The van der Waals surface area contributed by atoms with Crippen LogP contribution in [-0.2, 0) is 11.2 Å². The lowest BCUT2D eigenvalue weighted by atomic mass is 10.0. The smallest absolute Gasteiger partial charge is 0.254 e. The van der Waals surface area contributed by atoms with Gasteiger partial charge in [0, 0.05) is 36.8 Å². The highest BCUT2D eigenvalue weighted by atomic mass is 19.1. The predicted molar refractivity (Wildman–Crippen MR) is 102 cm³/mol. The molecule has 0 radical (unpaired) electrons. The van der Waals surface area contributed by atoms with Gasteiger partial charge in [-0.15, -0.1) is 0 Å². The zero-order valence-electron chi connectivity index (χ0n) is 15.2. The zero-order chi connectivity index (χ0) is 18.8. The maximum atomic E-state index is 13.1. The molecule has 2 heterocycles. The minimum Gasteiger partial charge on any atom is -0.335 e. The van der Waals surface area contributed by atoms with Crippen molar-refractivity contribution in [2.24, 2.45) is 0 Å². The highest BCUT2D eigenvalue weighted by Crippen LogP contribution is 2.26. The largest absolute Gasteiger partial charge is 0.335 e. The van der Waals surface area contributed by atoms with E-state index in [2.05, 4.69) is 0 Å². The van der Waals surface area contributed by atoms with Gasteiger partial charge in [-0.3, -0.25) is 9.59 Å². The molecule has 0 spiro atoms. The number of carbonyl (C=O) groups is 2. The molecule has 140 valence electrons. The van der Waals surface area contributed by atoms with Crippen LogP contribution in [-0.4, -0.2) is 35.8 Å². The molecular formula is C22H23FN2O2. The van der Waals surface area contributed by atoms with Crippen molar-refractivity contribution in [1.82, 2.24) is 4.90 Å². The molecule has 1 unspecified atom stereocenters. The van der Waals surface area contributed by atoms with E-state index >= 15 is 0 Å². The van der Waals surface area contributed by atoms with Crippen LogP contribution >= 0.6 is 0 Å². The zero-order valence-corrected chi connectivity index (χ0v) is 15.2. The van der Waals surface area contributed by atoms with Crippen molar-refractivity contribution in [3.63, 3.8) is 0 Å². The number of likely N-dealkylation sites (tertiary alicyclic amines) is 1. The van der Waals surface area contributed by atoms with Crippen molar-refractivity contribution in [3.05, 3.63) is 65.5 Å². The molecule has 2 aliphatic heterocycles. The number of rotatable bonds is 4. The maximum Gasteiger partial charge on any atom is 0.254 e. The van der Waals surface area contributed by atoms with Gasteiger partial charge in [0.15, 0.2) is 0 Å². The number of hydrogen-bond acceptors (Lipinski definition) is 2. The Morgan fingerprint density at radius 1 is 1.00 bits per heavy atom. The summed E-state index contributed by atoms with van der Waals surface area (Å²) in [6, 6.07) is 14.0. The summed E-state index contributed by atoms with van der Waals surface area (Å²) in [4.78, 5) is 28.6. The second-order valence-electron chi connectivity index (χ2n) is 7.32. The van der Waals surface area contributed by atoms with Crippen LogP contribution in [0.15, 0.2) is 48.5 Å². The van der Waals surface area contributed by atoms with E-state index in [1.165, 1.54) is 12.1 Å². The van der Waals surface area contributed by atoms with E-state index in [-0.39, 0.29) is 23.7 Å². The third-order valence-electron chi connectivity index (χ3n) is 5.52. The highest BCUT2D eigenvalue weighted by Gasteiger charge is 2.30. The lowest BCUT2D eigenvalue weighted by Gasteiger charge is -2.25. The molecule has 0 N–H and O–H groups in total. The normalized spacial score (nSPS) is 19.7. The molecule has 5 heteroatoms. The number of nitrogens with zero attached hydrogens (tertiary/aromatic N) is 2. The molecule has 0 aliphatic carbocycles. The SMILES string of the molecule is O=C1CCCN1c1ccc(C(=O)N2CCCC2Cc2ccc(F)cc2)cc1. The van der Waals surface area contributed by atoms with Crippen LogP contribution in [0.4, 0.5) is 10.1 Å². The van der Waals surface area contributed by atoms with Crippen LogP contribution in [0.2, 0.25) is 0 Å². The first-order chi connectivity index (χ1) is 13.1. The third-order valence-corrected chi connectivity index (χ3v) is 5.52. The van der Waals surface area contributed by atoms with Crippen LogP contribution in [0, 0.1) is 5.82 Å². The Kier molecular flexibility index (Phi) is 4.92. The van der Waals surface area contributed by atoms with Gasteiger partial charge < -0.3 is 9.80 Å². The quantitative estimate of drug-likeness (QED) is 0.826. The molecular weight excluding hydrogens is 343 g/mol. The second-order valence-corrected chi connectivity index (χ2v) is 7.32. The molecule has 0 bridgehead atoms.